The minimum absolute atomic E-state index is 0.125. The maximum atomic E-state index is 12.9. The van der Waals surface area contributed by atoms with E-state index in [-0.39, 0.29) is 11.6 Å². The van der Waals surface area contributed by atoms with Crippen LogP contribution in [-0.4, -0.2) is 61.5 Å². The van der Waals surface area contributed by atoms with E-state index in [1.807, 2.05) is 4.90 Å². The Kier molecular flexibility index (Phi) is 6.30. The van der Waals surface area contributed by atoms with Crippen LogP contribution in [0.2, 0.25) is 0 Å². The zero-order chi connectivity index (χ0) is 21.2. The van der Waals surface area contributed by atoms with Crippen molar-refractivity contribution in [1.29, 1.82) is 0 Å². The van der Waals surface area contributed by atoms with Gasteiger partial charge in [0.25, 0.3) is 11.6 Å². The third-order valence-corrected chi connectivity index (χ3v) is 5.72. The normalized spacial score (nSPS) is 21.3. The van der Waals surface area contributed by atoms with Crippen LogP contribution in [-0.2, 0) is 11.0 Å². The molecule has 1 aromatic rings. The van der Waals surface area contributed by atoms with Crippen molar-refractivity contribution in [2.75, 3.05) is 50.7 Å². The van der Waals surface area contributed by atoms with Gasteiger partial charge in [0.05, 0.1) is 36.7 Å². The van der Waals surface area contributed by atoms with Crippen molar-refractivity contribution in [3.05, 3.63) is 33.9 Å². The van der Waals surface area contributed by atoms with E-state index in [0.717, 1.165) is 36.9 Å². The Morgan fingerprint density at radius 2 is 1.97 bits per heavy atom. The van der Waals surface area contributed by atoms with Crippen LogP contribution >= 0.6 is 0 Å². The molecule has 2 saturated heterocycles. The van der Waals surface area contributed by atoms with E-state index in [9.17, 15) is 28.1 Å². The summed E-state index contributed by atoms with van der Waals surface area (Å²) in [4.78, 5) is 27.8. The fourth-order valence-electron chi connectivity index (χ4n) is 4.10. The average molecular weight is 415 g/mol. The molecule has 0 bridgehead atoms. The predicted molar refractivity (Wildman–Crippen MR) is 101 cm³/mol. The van der Waals surface area contributed by atoms with Gasteiger partial charge in [-0.25, -0.2) is 0 Å². The van der Waals surface area contributed by atoms with Crippen molar-refractivity contribution in [3.63, 3.8) is 0 Å². The summed E-state index contributed by atoms with van der Waals surface area (Å²) < 4.78 is 38.6. The standard InChI is InChI=1S/C19H25F3N4O3/c1-14-3-2-6-25(12-14)18(27)13-23-7-9-24(10-8-23)16-5-4-15(19(20,21)22)11-17(16)26(28)29/h4-5,11,14H,2-3,6-10,12-13H2,1H3/p+1/t14-/m0/s1. The number of halogens is 3. The molecule has 29 heavy (non-hydrogen) atoms. The molecule has 2 fully saturated rings. The smallest absolute Gasteiger partial charge is 0.355 e. The third-order valence-electron chi connectivity index (χ3n) is 5.72. The molecule has 2 aliphatic rings. The number of nitro groups is 1. The highest BCUT2D eigenvalue weighted by molar-refractivity contribution is 5.77. The number of benzene rings is 1. The maximum absolute atomic E-state index is 12.9. The maximum Gasteiger partial charge on any atom is 0.416 e. The molecule has 0 unspecified atom stereocenters. The van der Waals surface area contributed by atoms with E-state index in [4.69, 9.17) is 0 Å². The molecule has 2 heterocycles. The lowest BCUT2D eigenvalue weighted by molar-refractivity contribution is -0.892. The molecule has 0 spiro atoms. The number of piperazine rings is 1. The Morgan fingerprint density at radius 1 is 1.28 bits per heavy atom. The lowest BCUT2D eigenvalue weighted by Crippen LogP contribution is -3.16. The van der Waals surface area contributed by atoms with Crippen LogP contribution in [0.15, 0.2) is 18.2 Å². The molecule has 0 aromatic heterocycles. The molecule has 10 heteroatoms. The summed E-state index contributed by atoms with van der Waals surface area (Å²) in [5.74, 6) is 0.639. The minimum Gasteiger partial charge on any atom is -0.355 e. The molecule has 3 rings (SSSR count). The topological polar surface area (TPSA) is 71.1 Å². The first-order valence-electron chi connectivity index (χ1n) is 9.87. The second-order valence-electron chi connectivity index (χ2n) is 7.96. The van der Waals surface area contributed by atoms with Crippen LogP contribution in [0, 0.1) is 16.0 Å². The van der Waals surface area contributed by atoms with E-state index in [1.165, 1.54) is 6.07 Å². The van der Waals surface area contributed by atoms with E-state index in [2.05, 4.69) is 6.92 Å². The first kappa shape index (κ1) is 21.4. The van der Waals surface area contributed by atoms with E-state index < -0.39 is 22.4 Å². The molecule has 0 aliphatic carbocycles. The highest BCUT2D eigenvalue weighted by Gasteiger charge is 2.35. The molecular formula is C19H26F3N4O3+. The van der Waals surface area contributed by atoms with Crippen LogP contribution < -0.4 is 9.80 Å². The quantitative estimate of drug-likeness (QED) is 0.599. The molecular weight excluding hydrogens is 389 g/mol. The number of nitrogens with one attached hydrogen (secondary N) is 1. The number of anilines is 1. The summed E-state index contributed by atoms with van der Waals surface area (Å²) in [7, 11) is 0. The van der Waals surface area contributed by atoms with Gasteiger partial charge in [0, 0.05) is 19.2 Å². The number of hydrogen-bond donors (Lipinski definition) is 1. The highest BCUT2D eigenvalue weighted by atomic mass is 19.4. The minimum atomic E-state index is -4.63. The van der Waals surface area contributed by atoms with Crippen LogP contribution in [0.3, 0.4) is 0 Å². The van der Waals surface area contributed by atoms with E-state index >= 15 is 0 Å². The number of amides is 1. The number of likely N-dealkylation sites (tertiary alicyclic amines) is 1. The predicted octanol–water partition coefficient (Wildman–Crippen LogP) is 1.58. The second-order valence-corrected chi connectivity index (χ2v) is 7.96. The van der Waals surface area contributed by atoms with Crippen molar-refractivity contribution in [3.8, 4) is 0 Å². The van der Waals surface area contributed by atoms with Crippen LogP contribution in [0.4, 0.5) is 24.5 Å². The van der Waals surface area contributed by atoms with Crippen LogP contribution in [0.1, 0.15) is 25.3 Å². The molecule has 1 amide bonds. The number of carbonyl (C=O) groups is 1. The van der Waals surface area contributed by atoms with Crippen molar-refractivity contribution in [2.45, 2.75) is 25.9 Å². The molecule has 1 N–H and O–H groups in total. The van der Waals surface area contributed by atoms with Crippen molar-refractivity contribution in [1.82, 2.24) is 4.90 Å². The summed E-state index contributed by atoms with van der Waals surface area (Å²) in [5, 5.41) is 11.3. The van der Waals surface area contributed by atoms with Crippen LogP contribution in [0.25, 0.3) is 0 Å². The van der Waals surface area contributed by atoms with Gasteiger partial charge in [-0.2, -0.15) is 13.2 Å². The monoisotopic (exact) mass is 415 g/mol. The largest absolute Gasteiger partial charge is 0.416 e. The number of hydrogen-bond acceptors (Lipinski definition) is 4. The number of rotatable bonds is 4. The molecule has 2 aliphatic heterocycles. The summed E-state index contributed by atoms with van der Waals surface area (Å²) in [5.41, 5.74) is -1.38. The molecule has 1 atom stereocenters. The molecule has 1 aromatic carbocycles. The second kappa shape index (κ2) is 8.56. The Hall–Kier alpha value is -2.36. The highest BCUT2D eigenvalue weighted by Crippen LogP contribution is 2.36. The van der Waals surface area contributed by atoms with Gasteiger partial charge in [-0.1, -0.05) is 6.92 Å². The summed E-state index contributed by atoms with van der Waals surface area (Å²) in [6.45, 7) is 6.21. The lowest BCUT2D eigenvalue weighted by atomic mass is 10.0. The summed E-state index contributed by atoms with van der Waals surface area (Å²) in [6.07, 6.45) is -2.47. The first-order valence-corrected chi connectivity index (χ1v) is 9.87. The average Bonchev–Trinajstić information content (AvgIpc) is 2.67. The number of piperidine rings is 1. The molecule has 160 valence electrons. The van der Waals surface area contributed by atoms with Gasteiger partial charge in [0.15, 0.2) is 6.54 Å². The van der Waals surface area contributed by atoms with Gasteiger partial charge in [-0.3, -0.25) is 14.9 Å². The fraction of sp³-hybridized carbons (Fsp3) is 0.632. The van der Waals surface area contributed by atoms with Crippen molar-refractivity contribution >= 4 is 17.3 Å². The summed E-state index contributed by atoms with van der Waals surface area (Å²) >= 11 is 0. The summed E-state index contributed by atoms with van der Waals surface area (Å²) in [6, 6.07) is 2.64. The van der Waals surface area contributed by atoms with Gasteiger partial charge in [-0.15, -0.1) is 0 Å². The molecule has 0 saturated carbocycles. The fourth-order valence-corrected chi connectivity index (χ4v) is 4.10. The Labute approximate surface area is 167 Å². The first-order chi connectivity index (χ1) is 13.6. The lowest BCUT2D eigenvalue weighted by Gasteiger charge is -2.35. The number of quaternary nitrogens is 1. The SMILES string of the molecule is C[C@H]1CCCN(C(=O)C[NH+]2CCN(c3ccc(C(F)(F)F)cc3[N+](=O)[O-])CC2)C1. The van der Waals surface area contributed by atoms with Gasteiger partial charge < -0.3 is 14.7 Å². The number of nitrogens with zero attached hydrogens (tertiary/aromatic N) is 3. The van der Waals surface area contributed by atoms with Crippen LogP contribution in [0.5, 0.6) is 0 Å². The third kappa shape index (κ3) is 5.17. The Morgan fingerprint density at radius 3 is 2.55 bits per heavy atom. The Bertz CT molecular complexity index is 764. The Balaban J connectivity index is 1.62. The van der Waals surface area contributed by atoms with Crippen molar-refractivity contribution in [2.24, 2.45) is 5.92 Å². The zero-order valence-corrected chi connectivity index (χ0v) is 16.4. The number of nitro benzene ring substituents is 1. The van der Waals surface area contributed by atoms with Gasteiger partial charge in [-0.05, 0) is 30.9 Å². The van der Waals surface area contributed by atoms with E-state index in [0.29, 0.717) is 44.7 Å². The number of carbonyl (C=O) groups excluding carboxylic acids is 1. The van der Waals surface area contributed by atoms with Gasteiger partial charge >= 0.3 is 6.18 Å². The van der Waals surface area contributed by atoms with Gasteiger partial charge in [0.1, 0.15) is 5.69 Å². The van der Waals surface area contributed by atoms with E-state index in [1.54, 1.807) is 4.90 Å². The molecule has 7 nitrogen and oxygen atoms in total. The van der Waals surface area contributed by atoms with Crippen molar-refractivity contribution < 1.29 is 27.8 Å². The number of alkyl halides is 3. The molecule has 0 radical (unpaired) electrons. The zero-order valence-electron chi connectivity index (χ0n) is 16.4. The van der Waals surface area contributed by atoms with Gasteiger partial charge in [0.2, 0.25) is 0 Å².